The minimum Gasteiger partial charge on any atom is -0.355 e. The van der Waals surface area contributed by atoms with Crippen LogP contribution in [-0.2, 0) is 22.2 Å². The lowest BCUT2D eigenvalue weighted by atomic mass is 10.0. The first-order chi connectivity index (χ1) is 18.2. The molecule has 2 N–H and O–H groups in total. The topological polar surface area (TPSA) is 88.5 Å². The van der Waals surface area contributed by atoms with Gasteiger partial charge in [0.2, 0.25) is 5.91 Å². The number of alkyl halides is 3. The number of carbonyl (C=O) groups excluding carboxylic acids is 2. The predicted molar refractivity (Wildman–Crippen MR) is 139 cm³/mol. The third-order valence-corrected chi connectivity index (χ3v) is 6.64. The summed E-state index contributed by atoms with van der Waals surface area (Å²) in [4.78, 5) is 27.0. The van der Waals surface area contributed by atoms with Crippen LogP contribution >= 0.6 is 12.2 Å². The fraction of sp³-hybridized carbons (Fsp3) is 0.385. The molecule has 208 valence electrons. The Hall–Kier alpha value is -3.63. The third kappa shape index (κ3) is 6.02. The van der Waals surface area contributed by atoms with E-state index in [4.69, 9.17) is 17.5 Å². The van der Waals surface area contributed by atoms with Crippen molar-refractivity contribution in [1.29, 1.82) is 5.26 Å². The summed E-state index contributed by atoms with van der Waals surface area (Å²) in [5, 5.41) is 14.3. The number of amides is 2. The molecule has 1 aliphatic rings. The van der Waals surface area contributed by atoms with Gasteiger partial charge in [-0.05, 0) is 75.8 Å². The summed E-state index contributed by atoms with van der Waals surface area (Å²) in [5.74, 6) is -3.44. The quantitative estimate of drug-likeness (QED) is 0.265. The number of hydrogen-bond acceptors (Lipinski definition) is 5. The first-order valence-electron chi connectivity index (χ1n) is 11.9. The molecule has 0 saturated carbocycles. The second-order valence-corrected chi connectivity index (χ2v) is 9.70. The van der Waals surface area contributed by atoms with E-state index >= 15 is 8.78 Å². The summed E-state index contributed by atoms with van der Waals surface area (Å²) < 4.78 is 70.7. The molecule has 0 spiro atoms. The number of rotatable bonds is 9. The number of thiocarbonyl (C=S) groups is 1. The van der Waals surface area contributed by atoms with Gasteiger partial charge in [0, 0.05) is 25.2 Å². The fourth-order valence-corrected chi connectivity index (χ4v) is 4.80. The van der Waals surface area contributed by atoms with Crippen LogP contribution < -0.4 is 20.4 Å². The molecular formula is C26H26F5N5O2S. The molecule has 1 heterocycles. The van der Waals surface area contributed by atoms with Gasteiger partial charge in [-0.3, -0.25) is 14.5 Å². The largest absolute Gasteiger partial charge is 0.420 e. The molecule has 2 aromatic carbocycles. The number of aryl methyl sites for hydroxylation is 1. The predicted octanol–water partition coefficient (Wildman–Crippen LogP) is 4.43. The van der Waals surface area contributed by atoms with Crippen molar-refractivity contribution in [3.8, 4) is 6.07 Å². The van der Waals surface area contributed by atoms with Gasteiger partial charge in [0.1, 0.15) is 16.9 Å². The summed E-state index contributed by atoms with van der Waals surface area (Å²) >= 11 is 5.37. The Kier molecular flexibility index (Phi) is 8.92. The number of nitrogens with one attached hydrogen (secondary N) is 2. The molecule has 0 radical (unpaired) electrons. The maximum Gasteiger partial charge on any atom is 0.420 e. The summed E-state index contributed by atoms with van der Waals surface area (Å²) in [6.07, 6.45) is -4.34. The van der Waals surface area contributed by atoms with Crippen molar-refractivity contribution in [2.75, 3.05) is 29.9 Å². The first-order valence-corrected chi connectivity index (χ1v) is 12.3. The van der Waals surface area contributed by atoms with Gasteiger partial charge in [-0.25, -0.2) is 8.78 Å². The zero-order valence-electron chi connectivity index (χ0n) is 21.4. The number of anilines is 2. The van der Waals surface area contributed by atoms with Crippen LogP contribution in [-0.4, -0.2) is 42.6 Å². The Balaban J connectivity index is 1.87. The fourth-order valence-electron chi connectivity index (χ4n) is 4.28. The van der Waals surface area contributed by atoms with Crippen LogP contribution in [0, 0.1) is 23.0 Å². The van der Waals surface area contributed by atoms with Crippen molar-refractivity contribution in [1.82, 2.24) is 10.6 Å². The van der Waals surface area contributed by atoms with Gasteiger partial charge in [0.25, 0.3) is 5.91 Å². The van der Waals surface area contributed by atoms with Crippen LogP contribution in [0.1, 0.15) is 43.4 Å². The van der Waals surface area contributed by atoms with Crippen molar-refractivity contribution in [3.05, 3.63) is 58.7 Å². The highest BCUT2D eigenvalue weighted by atomic mass is 32.1. The highest BCUT2D eigenvalue weighted by Gasteiger charge is 2.52. The van der Waals surface area contributed by atoms with Crippen LogP contribution in [0.15, 0.2) is 30.3 Å². The first kappa shape index (κ1) is 29.9. The van der Waals surface area contributed by atoms with Crippen LogP contribution in [0.5, 0.6) is 0 Å². The van der Waals surface area contributed by atoms with E-state index < -0.39 is 46.1 Å². The molecule has 1 aliphatic heterocycles. The summed E-state index contributed by atoms with van der Waals surface area (Å²) in [6, 6.07) is 7.04. The van der Waals surface area contributed by atoms with Crippen LogP contribution in [0.25, 0.3) is 0 Å². The van der Waals surface area contributed by atoms with Gasteiger partial charge in [-0.1, -0.05) is 6.07 Å². The third-order valence-electron chi connectivity index (χ3n) is 6.28. The molecule has 39 heavy (non-hydrogen) atoms. The Morgan fingerprint density at radius 2 is 1.85 bits per heavy atom. The second kappa shape index (κ2) is 11.6. The zero-order chi connectivity index (χ0) is 29.1. The molecule has 1 fully saturated rings. The van der Waals surface area contributed by atoms with Crippen molar-refractivity contribution in [2.24, 2.45) is 0 Å². The highest BCUT2D eigenvalue weighted by Crippen LogP contribution is 2.42. The number of nitrogens with zero attached hydrogens (tertiary/aromatic N) is 3. The molecule has 7 nitrogen and oxygen atoms in total. The van der Waals surface area contributed by atoms with Crippen molar-refractivity contribution < 1.29 is 31.5 Å². The maximum absolute atomic E-state index is 15.1. The number of benzene rings is 2. The lowest BCUT2D eigenvalue weighted by Crippen LogP contribution is -2.44. The van der Waals surface area contributed by atoms with Crippen LogP contribution in [0.3, 0.4) is 0 Å². The number of carbonyl (C=O) groups is 2. The summed E-state index contributed by atoms with van der Waals surface area (Å²) in [7, 11) is 1.76. The van der Waals surface area contributed by atoms with E-state index in [2.05, 4.69) is 10.6 Å². The summed E-state index contributed by atoms with van der Waals surface area (Å²) in [5.41, 5.74) is -4.56. The lowest BCUT2D eigenvalue weighted by molar-refractivity contribution is -0.140. The lowest BCUT2D eigenvalue weighted by Gasteiger charge is -2.29. The molecular weight excluding hydrogens is 541 g/mol. The van der Waals surface area contributed by atoms with Gasteiger partial charge < -0.3 is 15.5 Å². The molecule has 0 unspecified atom stereocenters. The zero-order valence-corrected chi connectivity index (χ0v) is 22.2. The van der Waals surface area contributed by atoms with Crippen LogP contribution in [0.4, 0.5) is 33.3 Å². The number of hydrogen-bond donors (Lipinski definition) is 2. The molecule has 0 atom stereocenters. The maximum atomic E-state index is 15.1. The number of halogens is 5. The van der Waals surface area contributed by atoms with Crippen molar-refractivity contribution in [3.63, 3.8) is 0 Å². The van der Waals surface area contributed by atoms with E-state index in [-0.39, 0.29) is 29.5 Å². The van der Waals surface area contributed by atoms with E-state index in [1.807, 2.05) is 0 Å². The summed E-state index contributed by atoms with van der Waals surface area (Å²) in [6.45, 7) is 3.94. The average molecular weight is 568 g/mol. The van der Waals surface area contributed by atoms with E-state index in [9.17, 15) is 22.8 Å². The minimum atomic E-state index is -5.20. The number of nitriles is 1. The van der Waals surface area contributed by atoms with Crippen molar-refractivity contribution in [2.45, 2.75) is 44.8 Å². The average Bonchev–Trinajstić information content (AvgIpc) is 3.02. The van der Waals surface area contributed by atoms with E-state index in [0.29, 0.717) is 30.0 Å². The Morgan fingerprint density at radius 3 is 2.44 bits per heavy atom. The second-order valence-electron chi connectivity index (χ2n) is 9.33. The standard InChI is InChI=1S/C26H26F5N5O2S/c1-25(2)23(38)35(19-10-8-16(14-32)21(22(19)28)26(29,30)31)24(39)36(25)17-9-7-15(18(27)13-17)5-4-6-20(37)34-12-11-33-3/h7-10,13,33H,4-6,11-12H2,1-3H3,(H,34,37). The highest BCUT2D eigenvalue weighted by molar-refractivity contribution is 7.81. The molecule has 13 heteroatoms. The van der Waals surface area contributed by atoms with E-state index in [0.717, 1.165) is 18.2 Å². The van der Waals surface area contributed by atoms with Gasteiger partial charge in [0.15, 0.2) is 10.9 Å². The van der Waals surface area contributed by atoms with Gasteiger partial charge >= 0.3 is 6.18 Å². The van der Waals surface area contributed by atoms with Gasteiger partial charge in [0.05, 0.1) is 17.3 Å². The molecule has 0 bridgehead atoms. The smallest absolute Gasteiger partial charge is 0.355 e. The molecule has 0 aliphatic carbocycles. The van der Waals surface area contributed by atoms with E-state index in [1.165, 1.54) is 36.9 Å². The van der Waals surface area contributed by atoms with Crippen molar-refractivity contribution >= 4 is 40.5 Å². The normalized spacial score (nSPS) is 15.1. The van der Waals surface area contributed by atoms with Gasteiger partial charge in [-0.15, -0.1) is 0 Å². The monoisotopic (exact) mass is 567 g/mol. The number of likely N-dealkylation sites (N-methyl/N-ethyl adjacent to an activating group) is 1. The molecule has 2 aromatic rings. The van der Waals surface area contributed by atoms with Gasteiger partial charge in [-0.2, -0.15) is 18.4 Å². The Morgan fingerprint density at radius 1 is 1.15 bits per heavy atom. The molecule has 2 amide bonds. The van der Waals surface area contributed by atoms with E-state index in [1.54, 1.807) is 7.05 Å². The minimum absolute atomic E-state index is 0.136. The Bertz CT molecular complexity index is 1340. The SMILES string of the molecule is CNCCNC(=O)CCCc1ccc(N2C(=S)N(c3ccc(C#N)c(C(F)(F)F)c3F)C(=O)C2(C)C)cc1F. The van der Waals surface area contributed by atoms with Crippen LogP contribution in [0.2, 0.25) is 0 Å². The molecule has 3 rings (SSSR count). The molecule has 1 saturated heterocycles. The Labute approximate surface area is 227 Å². The molecule has 0 aromatic heterocycles.